The molecular weight excluding hydrogens is 418 g/mol. The Kier molecular flexibility index (Phi) is 6.68. The lowest BCUT2D eigenvalue weighted by molar-refractivity contribution is -0.192. The number of likely N-dealkylation sites (tertiary alicyclic amines) is 2. The number of amides is 1. The van der Waals surface area contributed by atoms with E-state index in [9.17, 15) is 22.4 Å². The van der Waals surface area contributed by atoms with Crippen LogP contribution in [0.1, 0.15) is 16.1 Å². The maximum absolute atomic E-state index is 13.3. The van der Waals surface area contributed by atoms with Gasteiger partial charge >= 0.3 is 12.1 Å². The average Bonchev–Trinajstić information content (AvgIpc) is 3.35. The quantitative estimate of drug-likeness (QED) is 0.744. The number of aromatic nitrogens is 1. The lowest BCUT2D eigenvalue weighted by Crippen LogP contribution is -2.34. The predicted octanol–water partition coefficient (Wildman–Crippen LogP) is 3.00. The Balaban J connectivity index is 0.000000339. The van der Waals surface area contributed by atoms with Crippen molar-refractivity contribution in [3.05, 3.63) is 59.7 Å². The summed E-state index contributed by atoms with van der Waals surface area (Å²) < 4.78 is 46.9. The van der Waals surface area contributed by atoms with Crippen LogP contribution >= 0.6 is 0 Å². The van der Waals surface area contributed by atoms with Gasteiger partial charge in [0.25, 0.3) is 5.91 Å². The van der Waals surface area contributed by atoms with Gasteiger partial charge in [0, 0.05) is 46.0 Å². The van der Waals surface area contributed by atoms with E-state index < -0.39 is 12.1 Å². The summed E-state index contributed by atoms with van der Waals surface area (Å²) in [6.45, 7) is 4.41. The molecule has 31 heavy (non-hydrogen) atoms. The van der Waals surface area contributed by atoms with Crippen molar-refractivity contribution < 1.29 is 32.3 Å². The molecule has 1 amide bonds. The van der Waals surface area contributed by atoms with Crippen molar-refractivity contribution in [2.45, 2.75) is 12.7 Å². The summed E-state index contributed by atoms with van der Waals surface area (Å²) in [6, 6.07) is 10.6. The molecule has 0 bridgehead atoms. The zero-order chi connectivity index (χ0) is 22.8. The molecule has 2 fully saturated rings. The summed E-state index contributed by atoms with van der Waals surface area (Å²) in [6.07, 6.45) is -3.18. The number of aliphatic carboxylic acids is 1. The summed E-state index contributed by atoms with van der Waals surface area (Å²) in [5, 5.41) is 7.12. The first-order valence-corrected chi connectivity index (χ1v) is 9.72. The van der Waals surface area contributed by atoms with Crippen molar-refractivity contribution in [1.29, 1.82) is 0 Å². The molecule has 0 aliphatic carbocycles. The fourth-order valence-electron chi connectivity index (χ4n) is 4.12. The number of rotatable bonds is 3. The molecule has 0 spiro atoms. The largest absolute Gasteiger partial charge is 0.490 e. The maximum Gasteiger partial charge on any atom is 0.490 e. The average molecular weight is 441 g/mol. The highest BCUT2D eigenvalue weighted by Gasteiger charge is 2.42. The van der Waals surface area contributed by atoms with Gasteiger partial charge < -0.3 is 14.6 Å². The van der Waals surface area contributed by atoms with Crippen molar-refractivity contribution in [2.24, 2.45) is 18.9 Å². The number of nitrogens with zero attached hydrogens (tertiary/aromatic N) is 3. The van der Waals surface area contributed by atoms with Gasteiger partial charge in [-0.15, -0.1) is 0 Å². The third-order valence-electron chi connectivity index (χ3n) is 5.55. The Bertz CT molecular complexity index is 930. The van der Waals surface area contributed by atoms with Gasteiger partial charge in [0.1, 0.15) is 11.5 Å². The lowest BCUT2D eigenvalue weighted by atomic mass is 10.0. The van der Waals surface area contributed by atoms with E-state index in [0.717, 1.165) is 44.0 Å². The Labute approximate surface area is 176 Å². The summed E-state index contributed by atoms with van der Waals surface area (Å²) in [7, 11) is 1.91. The Morgan fingerprint density at radius 1 is 1.06 bits per heavy atom. The number of alkyl halides is 3. The molecule has 10 heteroatoms. The summed E-state index contributed by atoms with van der Waals surface area (Å²) in [4.78, 5) is 25.9. The minimum absolute atomic E-state index is 0.133. The van der Waals surface area contributed by atoms with Gasteiger partial charge in [-0.2, -0.15) is 13.2 Å². The van der Waals surface area contributed by atoms with Crippen LogP contribution in [0, 0.1) is 17.7 Å². The number of carboxylic acids is 1. The second kappa shape index (κ2) is 9.09. The highest BCUT2D eigenvalue weighted by atomic mass is 19.4. The smallest absolute Gasteiger partial charge is 0.475 e. The molecule has 3 heterocycles. The number of halogens is 4. The first-order chi connectivity index (χ1) is 14.5. The fraction of sp³-hybridized carbons (Fsp3) is 0.429. The van der Waals surface area contributed by atoms with Gasteiger partial charge in [0.15, 0.2) is 0 Å². The van der Waals surface area contributed by atoms with Gasteiger partial charge in [-0.3, -0.25) is 9.69 Å². The topological polar surface area (TPSA) is 65.8 Å². The summed E-state index contributed by atoms with van der Waals surface area (Å²) >= 11 is 0. The van der Waals surface area contributed by atoms with Gasteiger partial charge in [0.2, 0.25) is 0 Å². The van der Waals surface area contributed by atoms with Crippen LogP contribution in [0.4, 0.5) is 17.6 Å². The molecule has 2 aromatic rings. The van der Waals surface area contributed by atoms with Crippen LogP contribution in [0.25, 0.3) is 0 Å². The Morgan fingerprint density at radius 2 is 1.68 bits per heavy atom. The van der Waals surface area contributed by atoms with E-state index in [1.54, 1.807) is 12.1 Å². The molecule has 168 valence electrons. The second-order valence-electron chi connectivity index (χ2n) is 7.86. The lowest BCUT2D eigenvalue weighted by Gasteiger charge is -2.22. The zero-order valence-electron chi connectivity index (χ0n) is 16.8. The molecule has 2 aliphatic heterocycles. The van der Waals surface area contributed by atoms with Gasteiger partial charge in [-0.05, 0) is 41.7 Å². The van der Waals surface area contributed by atoms with Crippen LogP contribution in [0.2, 0.25) is 0 Å². The molecule has 2 atom stereocenters. The van der Waals surface area contributed by atoms with Crippen LogP contribution < -0.4 is 0 Å². The van der Waals surface area contributed by atoms with E-state index in [-0.39, 0.29) is 11.7 Å². The molecule has 1 aromatic carbocycles. The van der Waals surface area contributed by atoms with Crippen LogP contribution in [0.5, 0.6) is 0 Å². The van der Waals surface area contributed by atoms with Crippen molar-refractivity contribution in [3.63, 3.8) is 0 Å². The molecule has 4 rings (SSSR count). The zero-order valence-corrected chi connectivity index (χ0v) is 16.8. The minimum Gasteiger partial charge on any atom is -0.475 e. The molecule has 0 unspecified atom stereocenters. The van der Waals surface area contributed by atoms with Crippen molar-refractivity contribution in [3.8, 4) is 0 Å². The first-order valence-electron chi connectivity index (χ1n) is 9.72. The summed E-state index contributed by atoms with van der Waals surface area (Å²) in [5.41, 5.74) is 1.78. The molecular formula is C21H23F4N3O3. The number of aryl methyl sites for hydroxylation is 1. The number of carbonyl (C=O) groups is 2. The van der Waals surface area contributed by atoms with E-state index in [0.29, 0.717) is 11.8 Å². The predicted molar refractivity (Wildman–Crippen MR) is 104 cm³/mol. The van der Waals surface area contributed by atoms with E-state index in [1.807, 2.05) is 40.9 Å². The van der Waals surface area contributed by atoms with E-state index in [1.165, 1.54) is 6.07 Å². The maximum atomic E-state index is 13.3. The van der Waals surface area contributed by atoms with E-state index >= 15 is 0 Å². The van der Waals surface area contributed by atoms with Gasteiger partial charge in [-0.1, -0.05) is 12.1 Å². The van der Waals surface area contributed by atoms with Crippen LogP contribution in [-0.2, 0) is 18.4 Å². The molecule has 0 radical (unpaired) electrons. The van der Waals surface area contributed by atoms with Gasteiger partial charge in [-0.25, -0.2) is 9.18 Å². The number of hydrogen-bond acceptors (Lipinski definition) is 3. The number of carboxylic acid groups (broad SMARTS) is 1. The Hall–Kier alpha value is -2.88. The van der Waals surface area contributed by atoms with Crippen molar-refractivity contribution in [1.82, 2.24) is 14.4 Å². The molecule has 0 saturated carbocycles. The van der Waals surface area contributed by atoms with E-state index in [2.05, 4.69) is 4.90 Å². The third kappa shape index (κ3) is 5.63. The highest BCUT2D eigenvalue weighted by molar-refractivity contribution is 5.93. The van der Waals surface area contributed by atoms with Crippen LogP contribution in [0.3, 0.4) is 0 Å². The Morgan fingerprint density at radius 3 is 2.16 bits per heavy atom. The minimum atomic E-state index is -5.08. The number of hydrogen-bond donors (Lipinski definition) is 1. The molecule has 1 aromatic heterocycles. The highest BCUT2D eigenvalue weighted by Crippen LogP contribution is 2.32. The normalized spacial score (nSPS) is 20.9. The standard InChI is InChI=1S/C19H22FN3O.C2HF3O2/c1-21-7-3-6-18(21)19(24)23-12-15-10-22(11-16(15)13-23)9-14-4-2-5-17(20)8-14;3-2(4,5)1(6)7/h2-8,15-16H,9-13H2,1H3;(H,6,7)/t15-,16+;. The van der Waals surface area contributed by atoms with Crippen LogP contribution in [0.15, 0.2) is 42.6 Å². The van der Waals surface area contributed by atoms with Crippen LogP contribution in [-0.4, -0.2) is 63.7 Å². The number of benzene rings is 1. The van der Waals surface area contributed by atoms with Crippen molar-refractivity contribution >= 4 is 11.9 Å². The van der Waals surface area contributed by atoms with E-state index in [4.69, 9.17) is 9.90 Å². The second-order valence-corrected chi connectivity index (χ2v) is 7.86. The third-order valence-corrected chi connectivity index (χ3v) is 5.55. The molecule has 2 saturated heterocycles. The monoisotopic (exact) mass is 441 g/mol. The fourth-order valence-corrected chi connectivity index (χ4v) is 4.12. The number of carbonyl (C=O) groups excluding carboxylic acids is 1. The SMILES string of the molecule is Cn1cccc1C(=O)N1C[C@H]2CN(Cc3cccc(F)c3)C[C@H]2C1.O=C(O)C(F)(F)F. The van der Waals surface area contributed by atoms with Crippen molar-refractivity contribution in [2.75, 3.05) is 26.2 Å². The molecule has 6 nitrogen and oxygen atoms in total. The molecule has 2 aliphatic rings. The number of fused-ring (bicyclic) bond motifs is 1. The van der Waals surface area contributed by atoms with Gasteiger partial charge in [0.05, 0.1) is 0 Å². The summed E-state index contributed by atoms with van der Waals surface area (Å²) in [5.74, 6) is -1.74. The molecule has 1 N–H and O–H groups in total. The first kappa shape index (κ1) is 22.8.